The van der Waals surface area contributed by atoms with Gasteiger partial charge in [-0.3, -0.25) is 14.4 Å². The highest BCUT2D eigenvalue weighted by molar-refractivity contribution is 7.14. The summed E-state index contributed by atoms with van der Waals surface area (Å²) in [6.45, 7) is 3.37. The van der Waals surface area contributed by atoms with Crippen LogP contribution in [0.5, 0.6) is 5.75 Å². The van der Waals surface area contributed by atoms with Crippen molar-refractivity contribution in [3.8, 4) is 5.75 Å². The Morgan fingerprint density at radius 3 is 2.41 bits per heavy atom. The van der Waals surface area contributed by atoms with Gasteiger partial charge in [0.05, 0.1) is 12.0 Å². The minimum Gasteiger partial charge on any atom is -0.497 e. The molecule has 0 saturated carbocycles. The predicted molar refractivity (Wildman–Crippen MR) is 114 cm³/mol. The SMILES string of the molecule is COc1ccc(C2CCN(C(=O)CCC(=O)CCC(=O)c3ccc(C)s3)C2)cc1. The van der Waals surface area contributed by atoms with E-state index in [1.165, 1.54) is 16.9 Å². The summed E-state index contributed by atoms with van der Waals surface area (Å²) in [6, 6.07) is 11.7. The van der Waals surface area contributed by atoms with E-state index in [9.17, 15) is 14.4 Å². The summed E-state index contributed by atoms with van der Waals surface area (Å²) in [4.78, 5) is 40.3. The van der Waals surface area contributed by atoms with Crippen LogP contribution in [0.3, 0.4) is 0 Å². The zero-order valence-corrected chi connectivity index (χ0v) is 17.8. The van der Waals surface area contributed by atoms with Gasteiger partial charge in [0.15, 0.2) is 5.78 Å². The third-order valence-corrected chi connectivity index (χ3v) is 6.43. The molecule has 1 saturated heterocycles. The maximum atomic E-state index is 12.5. The highest BCUT2D eigenvalue weighted by atomic mass is 32.1. The lowest BCUT2D eigenvalue weighted by atomic mass is 9.98. The number of amides is 1. The van der Waals surface area contributed by atoms with Crippen molar-refractivity contribution < 1.29 is 19.1 Å². The van der Waals surface area contributed by atoms with Crippen molar-refractivity contribution in [2.45, 2.75) is 44.9 Å². The molecule has 0 N–H and O–H groups in total. The molecule has 3 rings (SSSR count). The Balaban J connectivity index is 1.40. The fraction of sp³-hybridized carbons (Fsp3) is 0.435. The zero-order valence-electron chi connectivity index (χ0n) is 17.0. The number of benzene rings is 1. The Hall–Kier alpha value is -2.47. The third kappa shape index (κ3) is 5.76. The van der Waals surface area contributed by atoms with E-state index >= 15 is 0 Å². The second kappa shape index (κ2) is 9.83. The molecule has 0 radical (unpaired) electrons. The number of ether oxygens (including phenoxy) is 1. The minimum atomic E-state index is -0.0223. The number of rotatable bonds is 9. The van der Waals surface area contributed by atoms with Crippen molar-refractivity contribution in [1.82, 2.24) is 4.90 Å². The number of methoxy groups -OCH3 is 1. The molecule has 5 nitrogen and oxygen atoms in total. The molecule has 1 atom stereocenters. The van der Waals surface area contributed by atoms with E-state index in [1.807, 2.05) is 48.2 Å². The fourth-order valence-electron chi connectivity index (χ4n) is 3.62. The summed E-state index contributed by atoms with van der Waals surface area (Å²) in [6.07, 6.45) is 1.79. The highest BCUT2D eigenvalue weighted by Crippen LogP contribution is 2.29. The number of carbonyl (C=O) groups excluding carboxylic acids is 3. The highest BCUT2D eigenvalue weighted by Gasteiger charge is 2.27. The molecule has 1 aromatic heterocycles. The maximum absolute atomic E-state index is 12.5. The van der Waals surface area contributed by atoms with Gasteiger partial charge in [-0.05, 0) is 43.2 Å². The number of carbonyl (C=O) groups is 3. The molecule has 29 heavy (non-hydrogen) atoms. The second-order valence-electron chi connectivity index (χ2n) is 7.47. The third-order valence-electron chi connectivity index (χ3n) is 5.39. The zero-order chi connectivity index (χ0) is 20.8. The van der Waals surface area contributed by atoms with Crippen molar-refractivity contribution in [1.29, 1.82) is 0 Å². The fourth-order valence-corrected chi connectivity index (χ4v) is 4.46. The Kier molecular flexibility index (Phi) is 7.20. The van der Waals surface area contributed by atoms with Crippen LogP contribution in [0, 0.1) is 6.92 Å². The van der Waals surface area contributed by atoms with Gasteiger partial charge < -0.3 is 9.64 Å². The van der Waals surface area contributed by atoms with Crippen LogP contribution < -0.4 is 4.74 Å². The molecule has 0 bridgehead atoms. The lowest BCUT2D eigenvalue weighted by molar-refractivity contribution is -0.132. The van der Waals surface area contributed by atoms with Crippen molar-refractivity contribution in [3.63, 3.8) is 0 Å². The number of nitrogens with zero attached hydrogens (tertiary/aromatic N) is 1. The molecule has 2 heterocycles. The van der Waals surface area contributed by atoms with Crippen LogP contribution in [0.2, 0.25) is 0 Å². The standard InChI is InChI=1S/C23H27NO4S/c1-16-3-11-22(29-16)21(26)10-6-19(25)7-12-23(27)24-14-13-18(15-24)17-4-8-20(28-2)9-5-17/h3-5,8-9,11,18H,6-7,10,12-15H2,1-2H3. The van der Waals surface area contributed by atoms with E-state index in [1.54, 1.807) is 7.11 Å². The normalized spacial score (nSPS) is 16.1. The number of hydrogen-bond acceptors (Lipinski definition) is 5. The number of thiophene rings is 1. The molecule has 1 unspecified atom stereocenters. The average molecular weight is 414 g/mol. The smallest absolute Gasteiger partial charge is 0.223 e. The first-order valence-electron chi connectivity index (χ1n) is 9.99. The van der Waals surface area contributed by atoms with Gasteiger partial charge in [0.25, 0.3) is 0 Å². The largest absolute Gasteiger partial charge is 0.497 e. The van der Waals surface area contributed by atoms with Gasteiger partial charge in [-0.2, -0.15) is 0 Å². The average Bonchev–Trinajstić information content (AvgIpc) is 3.40. The van der Waals surface area contributed by atoms with E-state index < -0.39 is 0 Å². The Morgan fingerprint density at radius 2 is 1.76 bits per heavy atom. The van der Waals surface area contributed by atoms with Crippen LogP contribution in [0.1, 0.15) is 58.1 Å². The van der Waals surface area contributed by atoms with Crippen molar-refractivity contribution in [2.24, 2.45) is 0 Å². The molecule has 2 aromatic rings. The summed E-state index contributed by atoms with van der Waals surface area (Å²) in [5, 5.41) is 0. The van der Waals surface area contributed by atoms with E-state index in [0.29, 0.717) is 17.3 Å². The number of Topliss-reactive ketones (excluding diaryl/α,β-unsaturated/α-hetero) is 2. The monoisotopic (exact) mass is 413 g/mol. The Morgan fingerprint density at radius 1 is 1.03 bits per heavy atom. The van der Waals surface area contributed by atoms with Crippen LogP contribution in [0.4, 0.5) is 0 Å². The molecule has 1 aromatic carbocycles. The van der Waals surface area contributed by atoms with Crippen LogP contribution >= 0.6 is 11.3 Å². The van der Waals surface area contributed by atoms with Gasteiger partial charge in [-0.15, -0.1) is 11.3 Å². The van der Waals surface area contributed by atoms with Crippen LogP contribution in [0.15, 0.2) is 36.4 Å². The number of aryl methyl sites for hydroxylation is 1. The van der Waals surface area contributed by atoms with Crippen LogP contribution in [0.25, 0.3) is 0 Å². The summed E-state index contributed by atoms with van der Waals surface area (Å²) in [5.41, 5.74) is 1.21. The van der Waals surface area contributed by atoms with Gasteiger partial charge in [0.2, 0.25) is 5.91 Å². The quantitative estimate of drug-likeness (QED) is 0.572. The van der Waals surface area contributed by atoms with Crippen molar-refractivity contribution in [2.75, 3.05) is 20.2 Å². The second-order valence-corrected chi connectivity index (χ2v) is 8.76. The molecular formula is C23H27NO4S. The number of ketones is 2. The summed E-state index contributed by atoms with van der Waals surface area (Å²) in [5.74, 6) is 1.16. The first kappa shape index (κ1) is 21.2. The summed E-state index contributed by atoms with van der Waals surface area (Å²) >= 11 is 1.45. The summed E-state index contributed by atoms with van der Waals surface area (Å²) in [7, 11) is 1.64. The lowest BCUT2D eigenvalue weighted by Gasteiger charge is -2.16. The van der Waals surface area contributed by atoms with E-state index in [0.717, 1.165) is 23.6 Å². The summed E-state index contributed by atoms with van der Waals surface area (Å²) < 4.78 is 5.19. The van der Waals surface area contributed by atoms with Gasteiger partial charge >= 0.3 is 0 Å². The van der Waals surface area contributed by atoms with E-state index in [2.05, 4.69) is 0 Å². The number of likely N-dealkylation sites (tertiary alicyclic amines) is 1. The van der Waals surface area contributed by atoms with Crippen molar-refractivity contribution >= 4 is 28.8 Å². The molecule has 0 aliphatic carbocycles. The van der Waals surface area contributed by atoms with Crippen LogP contribution in [-0.2, 0) is 9.59 Å². The Bertz CT molecular complexity index is 871. The molecule has 0 spiro atoms. The first-order chi connectivity index (χ1) is 14.0. The van der Waals surface area contributed by atoms with Crippen molar-refractivity contribution in [3.05, 3.63) is 51.7 Å². The molecule has 1 aliphatic heterocycles. The van der Waals surface area contributed by atoms with E-state index in [4.69, 9.17) is 4.74 Å². The molecule has 1 aliphatic rings. The lowest BCUT2D eigenvalue weighted by Crippen LogP contribution is -2.28. The molecule has 1 fully saturated rings. The maximum Gasteiger partial charge on any atom is 0.223 e. The first-order valence-corrected chi connectivity index (χ1v) is 10.8. The van der Waals surface area contributed by atoms with Gasteiger partial charge in [-0.1, -0.05) is 12.1 Å². The number of hydrogen-bond donors (Lipinski definition) is 0. The van der Waals surface area contributed by atoms with Gasteiger partial charge in [0, 0.05) is 49.6 Å². The van der Waals surface area contributed by atoms with Gasteiger partial charge in [0.1, 0.15) is 11.5 Å². The minimum absolute atomic E-state index is 0.00431. The Labute approximate surface area is 175 Å². The predicted octanol–water partition coefficient (Wildman–Crippen LogP) is 4.39. The van der Waals surface area contributed by atoms with Crippen LogP contribution in [-0.4, -0.2) is 42.6 Å². The van der Waals surface area contributed by atoms with E-state index in [-0.39, 0.29) is 43.2 Å². The molecular weight excluding hydrogens is 386 g/mol. The molecule has 6 heteroatoms. The molecule has 154 valence electrons. The topological polar surface area (TPSA) is 63.7 Å². The van der Waals surface area contributed by atoms with Gasteiger partial charge in [-0.25, -0.2) is 0 Å². The molecule has 1 amide bonds.